The lowest BCUT2D eigenvalue weighted by molar-refractivity contribution is 0.325. The zero-order valence-corrected chi connectivity index (χ0v) is 10.6. The van der Waals surface area contributed by atoms with Crippen LogP contribution in [0.4, 0.5) is 0 Å². The second-order valence-corrected chi connectivity index (χ2v) is 5.50. The molecule has 0 heterocycles. The summed E-state index contributed by atoms with van der Waals surface area (Å²) in [6, 6.07) is 6.68. The molecular weight excluding hydrogens is 182 g/mol. The first kappa shape index (κ1) is 12.3. The zero-order valence-electron chi connectivity index (χ0n) is 10.6. The fraction of sp³-hybridized carbons (Fsp3) is 0.571. The molecule has 84 valence electrons. The van der Waals surface area contributed by atoms with Crippen LogP contribution >= 0.6 is 0 Å². The maximum Gasteiger partial charge on any atom is 0.000988 e. The monoisotopic (exact) mass is 205 g/mol. The normalized spacial score (nSPS) is 14.0. The number of nitrogens with two attached hydrogens (primary N) is 1. The Labute approximate surface area is 93.7 Å². The van der Waals surface area contributed by atoms with Crippen molar-refractivity contribution in [1.29, 1.82) is 0 Å². The van der Waals surface area contributed by atoms with Gasteiger partial charge >= 0.3 is 0 Å². The van der Waals surface area contributed by atoms with E-state index in [0.717, 1.165) is 0 Å². The Morgan fingerprint density at radius 2 is 1.73 bits per heavy atom. The summed E-state index contributed by atoms with van der Waals surface area (Å²) in [4.78, 5) is 0. The summed E-state index contributed by atoms with van der Waals surface area (Å²) in [6.45, 7) is 11.8. The largest absolute Gasteiger partial charge is 0.330 e. The van der Waals surface area contributed by atoms with Gasteiger partial charge in [-0.1, -0.05) is 39.0 Å². The lowest BCUT2D eigenvalue weighted by Crippen LogP contribution is -2.26. The first-order valence-corrected chi connectivity index (χ1v) is 5.63. The standard InChI is InChI=1S/C14H23N/c1-10-6-7-12(8-11(10)2)13(9-15)14(3,4)5/h6-8,13H,9,15H2,1-5H3. The van der Waals surface area contributed by atoms with Crippen LogP contribution in [0, 0.1) is 19.3 Å². The third kappa shape index (κ3) is 2.82. The molecule has 0 aliphatic carbocycles. The predicted molar refractivity (Wildman–Crippen MR) is 67.2 cm³/mol. The molecule has 1 heteroatoms. The van der Waals surface area contributed by atoms with Crippen LogP contribution in [-0.4, -0.2) is 6.54 Å². The molecule has 0 radical (unpaired) electrons. The Kier molecular flexibility index (Phi) is 3.56. The van der Waals surface area contributed by atoms with E-state index >= 15 is 0 Å². The highest BCUT2D eigenvalue weighted by molar-refractivity contribution is 5.32. The van der Waals surface area contributed by atoms with E-state index in [-0.39, 0.29) is 5.41 Å². The first-order chi connectivity index (χ1) is 6.86. The second-order valence-electron chi connectivity index (χ2n) is 5.50. The van der Waals surface area contributed by atoms with Gasteiger partial charge in [0, 0.05) is 5.92 Å². The van der Waals surface area contributed by atoms with E-state index in [9.17, 15) is 0 Å². The molecule has 1 unspecified atom stereocenters. The van der Waals surface area contributed by atoms with Gasteiger partial charge in [0.25, 0.3) is 0 Å². The second kappa shape index (κ2) is 4.36. The van der Waals surface area contributed by atoms with Gasteiger partial charge in [-0.15, -0.1) is 0 Å². The van der Waals surface area contributed by atoms with Gasteiger partial charge in [-0.3, -0.25) is 0 Å². The number of hydrogen-bond acceptors (Lipinski definition) is 1. The van der Waals surface area contributed by atoms with Crippen molar-refractivity contribution in [2.45, 2.75) is 40.5 Å². The summed E-state index contributed by atoms with van der Waals surface area (Å²) in [5.74, 6) is 0.441. The molecule has 0 saturated heterocycles. The minimum absolute atomic E-state index is 0.233. The summed E-state index contributed by atoms with van der Waals surface area (Å²) in [5.41, 5.74) is 10.2. The van der Waals surface area contributed by atoms with Crippen LogP contribution in [0.2, 0.25) is 0 Å². The number of benzene rings is 1. The van der Waals surface area contributed by atoms with Gasteiger partial charge in [-0.05, 0) is 42.5 Å². The molecule has 0 amide bonds. The minimum Gasteiger partial charge on any atom is -0.330 e. The first-order valence-electron chi connectivity index (χ1n) is 5.63. The molecule has 2 N–H and O–H groups in total. The van der Waals surface area contributed by atoms with Crippen LogP contribution in [0.1, 0.15) is 43.4 Å². The molecule has 0 aliphatic rings. The molecule has 1 nitrogen and oxygen atoms in total. The van der Waals surface area contributed by atoms with Crippen LogP contribution < -0.4 is 5.73 Å². The van der Waals surface area contributed by atoms with Gasteiger partial charge in [-0.25, -0.2) is 0 Å². The van der Waals surface area contributed by atoms with Crippen LogP contribution in [0.3, 0.4) is 0 Å². The molecule has 0 aliphatic heterocycles. The zero-order chi connectivity index (χ0) is 11.6. The maximum atomic E-state index is 5.88. The van der Waals surface area contributed by atoms with E-state index in [4.69, 9.17) is 5.73 Å². The predicted octanol–water partition coefficient (Wildman–Crippen LogP) is 3.39. The third-order valence-corrected chi connectivity index (χ3v) is 3.21. The van der Waals surface area contributed by atoms with Crippen molar-refractivity contribution in [2.75, 3.05) is 6.54 Å². The maximum absolute atomic E-state index is 5.88. The van der Waals surface area contributed by atoms with E-state index in [1.807, 2.05) is 0 Å². The molecule has 15 heavy (non-hydrogen) atoms. The number of rotatable bonds is 2. The fourth-order valence-corrected chi connectivity index (χ4v) is 1.97. The van der Waals surface area contributed by atoms with Crippen molar-refractivity contribution in [1.82, 2.24) is 0 Å². The lowest BCUT2D eigenvalue weighted by atomic mass is 9.76. The molecule has 0 spiro atoms. The van der Waals surface area contributed by atoms with Crippen LogP contribution in [0.15, 0.2) is 18.2 Å². The van der Waals surface area contributed by atoms with Crippen molar-refractivity contribution >= 4 is 0 Å². The van der Waals surface area contributed by atoms with E-state index in [0.29, 0.717) is 12.5 Å². The van der Waals surface area contributed by atoms with Gasteiger partial charge in [-0.2, -0.15) is 0 Å². The van der Waals surface area contributed by atoms with Gasteiger partial charge in [0.15, 0.2) is 0 Å². The van der Waals surface area contributed by atoms with Crippen molar-refractivity contribution < 1.29 is 0 Å². The molecule has 1 atom stereocenters. The van der Waals surface area contributed by atoms with Crippen LogP contribution in [0.25, 0.3) is 0 Å². The Morgan fingerprint density at radius 3 is 2.13 bits per heavy atom. The molecule has 1 aromatic carbocycles. The Bertz CT molecular complexity index is 334. The Hall–Kier alpha value is -0.820. The summed E-state index contributed by atoms with van der Waals surface area (Å²) >= 11 is 0. The summed E-state index contributed by atoms with van der Waals surface area (Å²) in [7, 11) is 0. The van der Waals surface area contributed by atoms with E-state index in [2.05, 4.69) is 52.8 Å². The van der Waals surface area contributed by atoms with Crippen molar-refractivity contribution in [3.05, 3.63) is 34.9 Å². The van der Waals surface area contributed by atoms with Crippen molar-refractivity contribution in [3.8, 4) is 0 Å². The fourth-order valence-electron chi connectivity index (χ4n) is 1.97. The van der Waals surface area contributed by atoms with Gasteiger partial charge in [0.2, 0.25) is 0 Å². The van der Waals surface area contributed by atoms with Crippen LogP contribution in [-0.2, 0) is 0 Å². The minimum atomic E-state index is 0.233. The molecule has 1 aromatic rings. The molecule has 0 fully saturated rings. The number of hydrogen-bond donors (Lipinski definition) is 1. The van der Waals surface area contributed by atoms with E-state index in [1.54, 1.807) is 0 Å². The average molecular weight is 205 g/mol. The molecule has 0 aromatic heterocycles. The summed E-state index contributed by atoms with van der Waals surface area (Å²) in [5, 5.41) is 0. The topological polar surface area (TPSA) is 26.0 Å². The van der Waals surface area contributed by atoms with Crippen molar-refractivity contribution in [3.63, 3.8) is 0 Å². The third-order valence-electron chi connectivity index (χ3n) is 3.21. The highest BCUT2D eigenvalue weighted by atomic mass is 14.6. The lowest BCUT2D eigenvalue weighted by Gasteiger charge is -2.30. The van der Waals surface area contributed by atoms with Crippen LogP contribution in [0.5, 0.6) is 0 Å². The summed E-state index contributed by atoms with van der Waals surface area (Å²) < 4.78 is 0. The van der Waals surface area contributed by atoms with E-state index < -0.39 is 0 Å². The summed E-state index contributed by atoms with van der Waals surface area (Å²) in [6.07, 6.45) is 0. The molecular formula is C14H23N. The smallest absolute Gasteiger partial charge is 0.000988 e. The average Bonchev–Trinajstić information content (AvgIpc) is 2.10. The highest BCUT2D eigenvalue weighted by Gasteiger charge is 2.24. The molecule has 0 bridgehead atoms. The Balaban J connectivity index is 3.08. The SMILES string of the molecule is Cc1ccc(C(CN)C(C)(C)C)cc1C. The number of aryl methyl sites for hydroxylation is 2. The quantitative estimate of drug-likeness (QED) is 0.787. The Morgan fingerprint density at radius 1 is 1.13 bits per heavy atom. The highest BCUT2D eigenvalue weighted by Crippen LogP contribution is 2.34. The van der Waals surface area contributed by atoms with Gasteiger partial charge < -0.3 is 5.73 Å². The molecule has 1 rings (SSSR count). The van der Waals surface area contributed by atoms with E-state index in [1.165, 1.54) is 16.7 Å². The van der Waals surface area contributed by atoms with Crippen molar-refractivity contribution in [2.24, 2.45) is 11.1 Å². The van der Waals surface area contributed by atoms with Gasteiger partial charge in [0.05, 0.1) is 0 Å². The molecule has 0 saturated carbocycles. The van der Waals surface area contributed by atoms with Gasteiger partial charge in [0.1, 0.15) is 0 Å².